The number of nitrogens with one attached hydrogen (secondary N) is 1. The van der Waals surface area contributed by atoms with E-state index in [0.717, 1.165) is 19.5 Å². The molecule has 0 aromatic heterocycles. The molecular weight excluding hydrogens is 254 g/mol. The summed E-state index contributed by atoms with van der Waals surface area (Å²) in [7, 11) is 3.64. The maximum Gasteiger partial charge on any atom is 0.255 e. The molecule has 1 aromatic carbocycles. The molecule has 0 spiro atoms. The number of amides is 1. The highest BCUT2D eigenvalue weighted by Gasteiger charge is 2.26. The Labute approximate surface area is 120 Å². The van der Waals surface area contributed by atoms with Gasteiger partial charge in [0.15, 0.2) is 5.75 Å². The van der Waals surface area contributed by atoms with Crippen molar-refractivity contribution in [2.45, 2.75) is 19.4 Å². The third-order valence-corrected chi connectivity index (χ3v) is 3.92. The van der Waals surface area contributed by atoms with Crippen LogP contribution in [0.3, 0.4) is 0 Å². The fraction of sp³-hybridized carbons (Fsp3) is 0.533. The lowest BCUT2D eigenvalue weighted by atomic mass is 9.94. The Kier molecular flexibility index (Phi) is 4.49. The third-order valence-electron chi connectivity index (χ3n) is 3.92. The zero-order valence-corrected chi connectivity index (χ0v) is 12.3. The molecule has 0 bridgehead atoms. The highest BCUT2D eigenvalue weighted by atomic mass is 16.5. The molecule has 1 aromatic rings. The number of hydrogen-bond donors (Lipinski definition) is 2. The monoisotopic (exact) mass is 277 g/mol. The van der Waals surface area contributed by atoms with Crippen LogP contribution in [0.4, 0.5) is 5.69 Å². The largest absolute Gasteiger partial charge is 0.494 e. The van der Waals surface area contributed by atoms with Crippen LogP contribution in [-0.2, 0) is 0 Å². The lowest BCUT2D eigenvalue weighted by Crippen LogP contribution is -2.48. The summed E-state index contributed by atoms with van der Waals surface area (Å²) in [6.07, 6.45) is 0.966. The zero-order valence-electron chi connectivity index (χ0n) is 12.3. The van der Waals surface area contributed by atoms with E-state index in [2.05, 4.69) is 24.2 Å². The fourth-order valence-corrected chi connectivity index (χ4v) is 2.78. The van der Waals surface area contributed by atoms with Crippen LogP contribution in [0.1, 0.15) is 23.7 Å². The molecule has 1 fully saturated rings. The summed E-state index contributed by atoms with van der Waals surface area (Å²) in [6, 6.07) is 5.44. The average Bonchev–Trinajstić information content (AvgIpc) is 2.41. The Morgan fingerprint density at radius 2 is 2.25 bits per heavy atom. The molecule has 5 heteroatoms. The first-order valence-corrected chi connectivity index (χ1v) is 6.94. The van der Waals surface area contributed by atoms with E-state index in [1.807, 2.05) is 0 Å². The molecule has 2 rings (SSSR count). The lowest BCUT2D eigenvalue weighted by molar-refractivity contribution is 0.0881. The van der Waals surface area contributed by atoms with Crippen LogP contribution in [-0.4, -0.2) is 44.1 Å². The number of nitrogens with two attached hydrogens (primary N) is 1. The van der Waals surface area contributed by atoms with E-state index in [4.69, 9.17) is 10.5 Å². The van der Waals surface area contributed by atoms with Crippen molar-refractivity contribution >= 4 is 11.6 Å². The predicted octanol–water partition coefficient (Wildman–Crippen LogP) is 1.35. The molecular formula is C15H23N3O2. The van der Waals surface area contributed by atoms with E-state index in [9.17, 15) is 4.79 Å². The molecule has 1 aliphatic rings. The molecule has 3 N–H and O–H groups in total. The minimum Gasteiger partial charge on any atom is -0.494 e. The molecule has 20 heavy (non-hydrogen) atoms. The van der Waals surface area contributed by atoms with E-state index in [0.29, 0.717) is 22.9 Å². The van der Waals surface area contributed by atoms with E-state index in [-0.39, 0.29) is 11.9 Å². The van der Waals surface area contributed by atoms with Gasteiger partial charge in [-0.15, -0.1) is 0 Å². The van der Waals surface area contributed by atoms with Crippen LogP contribution in [0, 0.1) is 5.92 Å². The maximum absolute atomic E-state index is 12.4. The van der Waals surface area contributed by atoms with Gasteiger partial charge in [-0.25, -0.2) is 0 Å². The normalized spacial score (nSPS) is 23.4. The van der Waals surface area contributed by atoms with Crippen molar-refractivity contribution in [3.8, 4) is 5.75 Å². The molecule has 110 valence electrons. The Morgan fingerprint density at radius 1 is 1.50 bits per heavy atom. The summed E-state index contributed by atoms with van der Waals surface area (Å²) in [6.45, 7) is 4.17. The number of para-hydroxylation sites is 1. The summed E-state index contributed by atoms with van der Waals surface area (Å²) in [5.41, 5.74) is 6.82. The van der Waals surface area contributed by atoms with Gasteiger partial charge in [0.25, 0.3) is 5.91 Å². The van der Waals surface area contributed by atoms with Crippen molar-refractivity contribution in [2.24, 2.45) is 5.92 Å². The zero-order chi connectivity index (χ0) is 14.7. The standard InChI is InChI=1S/C15H23N3O2/c1-10-9-18(2)8-7-13(10)17-15(19)11-5-4-6-12(16)14(11)20-3/h4-6,10,13H,7-9,16H2,1-3H3,(H,17,19). The fourth-order valence-electron chi connectivity index (χ4n) is 2.78. The number of ether oxygens (including phenoxy) is 1. The lowest BCUT2D eigenvalue weighted by Gasteiger charge is -2.35. The van der Waals surface area contributed by atoms with Crippen LogP contribution in [0.2, 0.25) is 0 Å². The summed E-state index contributed by atoms with van der Waals surface area (Å²) < 4.78 is 5.24. The van der Waals surface area contributed by atoms with Gasteiger partial charge in [-0.3, -0.25) is 4.79 Å². The SMILES string of the molecule is COc1c(N)cccc1C(=O)NC1CCN(C)CC1C. The molecule has 1 amide bonds. The predicted molar refractivity (Wildman–Crippen MR) is 79.9 cm³/mol. The van der Waals surface area contributed by atoms with Crippen molar-refractivity contribution in [3.05, 3.63) is 23.8 Å². The van der Waals surface area contributed by atoms with Crippen molar-refractivity contribution in [1.29, 1.82) is 0 Å². The first-order valence-electron chi connectivity index (χ1n) is 6.94. The summed E-state index contributed by atoms with van der Waals surface area (Å²) in [5, 5.41) is 3.11. The Morgan fingerprint density at radius 3 is 2.90 bits per heavy atom. The molecule has 0 aliphatic carbocycles. The second-order valence-corrected chi connectivity index (χ2v) is 5.54. The molecule has 1 heterocycles. The number of nitrogens with zero attached hydrogens (tertiary/aromatic N) is 1. The second-order valence-electron chi connectivity index (χ2n) is 5.54. The number of benzene rings is 1. The smallest absolute Gasteiger partial charge is 0.255 e. The number of likely N-dealkylation sites (tertiary alicyclic amines) is 1. The average molecular weight is 277 g/mol. The number of piperidine rings is 1. The van der Waals surface area contributed by atoms with Crippen molar-refractivity contribution in [1.82, 2.24) is 10.2 Å². The number of hydrogen-bond acceptors (Lipinski definition) is 4. The topological polar surface area (TPSA) is 67.6 Å². The molecule has 2 unspecified atom stereocenters. The van der Waals surface area contributed by atoms with Gasteiger partial charge in [-0.2, -0.15) is 0 Å². The number of methoxy groups -OCH3 is 1. The van der Waals surface area contributed by atoms with Gasteiger partial charge in [-0.05, 0) is 38.1 Å². The second kappa shape index (κ2) is 6.13. The highest BCUT2D eigenvalue weighted by Crippen LogP contribution is 2.26. The number of anilines is 1. The highest BCUT2D eigenvalue weighted by molar-refractivity contribution is 5.98. The van der Waals surface area contributed by atoms with Crippen LogP contribution >= 0.6 is 0 Å². The number of carbonyl (C=O) groups is 1. The third kappa shape index (κ3) is 3.04. The maximum atomic E-state index is 12.4. The molecule has 0 radical (unpaired) electrons. The Balaban J connectivity index is 2.11. The van der Waals surface area contributed by atoms with E-state index >= 15 is 0 Å². The minimum absolute atomic E-state index is 0.115. The van der Waals surface area contributed by atoms with E-state index in [1.54, 1.807) is 18.2 Å². The van der Waals surface area contributed by atoms with Gasteiger partial charge in [0.2, 0.25) is 0 Å². The Hall–Kier alpha value is -1.75. The molecule has 2 atom stereocenters. The number of nitrogen functional groups attached to an aromatic ring is 1. The molecule has 0 saturated carbocycles. The van der Waals surface area contributed by atoms with E-state index in [1.165, 1.54) is 7.11 Å². The quantitative estimate of drug-likeness (QED) is 0.818. The summed E-state index contributed by atoms with van der Waals surface area (Å²) in [5.74, 6) is 0.769. The van der Waals surface area contributed by atoms with Crippen molar-refractivity contribution in [3.63, 3.8) is 0 Å². The van der Waals surface area contributed by atoms with Gasteiger partial charge < -0.3 is 20.7 Å². The van der Waals surface area contributed by atoms with Gasteiger partial charge in [0.1, 0.15) is 0 Å². The van der Waals surface area contributed by atoms with Crippen LogP contribution < -0.4 is 15.8 Å². The molecule has 1 saturated heterocycles. The van der Waals surface area contributed by atoms with Gasteiger partial charge >= 0.3 is 0 Å². The number of carbonyl (C=O) groups excluding carboxylic acids is 1. The van der Waals surface area contributed by atoms with Crippen LogP contribution in [0.15, 0.2) is 18.2 Å². The van der Waals surface area contributed by atoms with Gasteiger partial charge in [-0.1, -0.05) is 13.0 Å². The summed E-state index contributed by atoms with van der Waals surface area (Å²) >= 11 is 0. The molecule has 1 aliphatic heterocycles. The van der Waals surface area contributed by atoms with Crippen LogP contribution in [0.5, 0.6) is 5.75 Å². The van der Waals surface area contributed by atoms with Crippen molar-refractivity contribution in [2.75, 3.05) is 33.0 Å². The summed E-state index contributed by atoms with van der Waals surface area (Å²) in [4.78, 5) is 14.7. The Bertz CT molecular complexity index is 490. The van der Waals surface area contributed by atoms with Gasteiger partial charge in [0.05, 0.1) is 18.4 Å². The van der Waals surface area contributed by atoms with Crippen LogP contribution in [0.25, 0.3) is 0 Å². The first-order chi connectivity index (χ1) is 9.52. The van der Waals surface area contributed by atoms with Gasteiger partial charge in [0, 0.05) is 12.6 Å². The number of rotatable bonds is 3. The van der Waals surface area contributed by atoms with Crippen molar-refractivity contribution < 1.29 is 9.53 Å². The molecule has 5 nitrogen and oxygen atoms in total. The minimum atomic E-state index is -0.115. The van der Waals surface area contributed by atoms with E-state index < -0.39 is 0 Å². The first kappa shape index (κ1) is 14.7.